The van der Waals surface area contributed by atoms with E-state index in [-0.39, 0.29) is 11.5 Å². The molecule has 2 aromatic rings. The Balaban J connectivity index is 2.16. The molecule has 6 heteroatoms. The van der Waals surface area contributed by atoms with Gasteiger partial charge in [-0.25, -0.2) is 0 Å². The van der Waals surface area contributed by atoms with E-state index in [1.54, 1.807) is 12.1 Å². The predicted octanol–water partition coefficient (Wildman–Crippen LogP) is 4.63. The Hall–Kier alpha value is -2.18. The molecular weight excluding hydrogens is 400 g/mol. The third-order valence-corrected chi connectivity index (χ3v) is 4.99. The Morgan fingerprint density at radius 3 is 2.36 bits per heavy atom. The van der Waals surface area contributed by atoms with Crippen molar-refractivity contribution in [3.8, 4) is 11.5 Å². The van der Waals surface area contributed by atoms with Gasteiger partial charge in [-0.3, -0.25) is 0 Å². The van der Waals surface area contributed by atoms with Crippen LogP contribution in [0.1, 0.15) is 22.3 Å². The second-order valence-electron chi connectivity index (χ2n) is 5.73. The number of benzene rings is 2. The summed E-state index contributed by atoms with van der Waals surface area (Å²) in [6.45, 7) is 4.41. The van der Waals surface area contributed by atoms with Crippen LogP contribution in [0.25, 0.3) is 6.08 Å². The second-order valence-corrected chi connectivity index (χ2v) is 6.99. The average molecular weight is 419 g/mol. The zero-order chi connectivity index (χ0) is 18.6. The molecule has 4 N–H and O–H groups in total. The Morgan fingerprint density at radius 1 is 1.16 bits per heavy atom. The van der Waals surface area contributed by atoms with E-state index >= 15 is 0 Å². The number of aryl methyl sites for hydroxylation is 1. The minimum absolute atomic E-state index is 0.00878. The molecule has 0 atom stereocenters. The predicted molar refractivity (Wildman–Crippen MR) is 110 cm³/mol. The van der Waals surface area contributed by atoms with E-state index in [1.807, 2.05) is 32.1 Å². The molecule has 2 rings (SSSR count). The van der Waals surface area contributed by atoms with Gasteiger partial charge in [-0.05, 0) is 60.4 Å². The van der Waals surface area contributed by atoms with Crippen molar-refractivity contribution < 1.29 is 10.2 Å². The van der Waals surface area contributed by atoms with Gasteiger partial charge in [0.05, 0.1) is 0 Å². The van der Waals surface area contributed by atoms with Gasteiger partial charge in [0, 0.05) is 28.9 Å². The molecule has 0 amide bonds. The first-order valence-electron chi connectivity index (χ1n) is 7.59. The number of hydrogen-bond acceptors (Lipinski definition) is 4. The number of thiocarbonyl (C=S) groups is 1. The van der Waals surface area contributed by atoms with Gasteiger partial charge in [0.25, 0.3) is 0 Å². The first kappa shape index (κ1) is 19.1. The highest BCUT2D eigenvalue weighted by atomic mass is 79.9. The monoisotopic (exact) mass is 418 g/mol. The van der Waals surface area contributed by atoms with Crippen molar-refractivity contribution in [1.29, 1.82) is 5.41 Å². The summed E-state index contributed by atoms with van der Waals surface area (Å²) in [5.41, 5.74) is 4.55. The van der Waals surface area contributed by atoms with E-state index in [0.717, 1.165) is 15.6 Å². The van der Waals surface area contributed by atoms with Crippen LogP contribution in [0, 0.1) is 19.3 Å². The Kier molecular flexibility index (Phi) is 6.33. The maximum atomic E-state index is 9.51. The van der Waals surface area contributed by atoms with Crippen molar-refractivity contribution in [1.82, 2.24) is 5.32 Å². The third-order valence-electron chi connectivity index (χ3n) is 3.78. The minimum atomic E-state index is -0.00878. The second kappa shape index (κ2) is 8.27. The summed E-state index contributed by atoms with van der Waals surface area (Å²) in [4.78, 5) is 0.423. The molecule has 0 fully saturated rings. The summed E-state index contributed by atoms with van der Waals surface area (Å²) in [6.07, 6.45) is 3.05. The molecule has 0 bridgehead atoms. The fraction of sp³-hybridized carbons (Fsp3) is 0.158. The van der Waals surface area contributed by atoms with Gasteiger partial charge in [0.1, 0.15) is 16.5 Å². The molecule has 2 aromatic carbocycles. The summed E-state index contributed by atoms with van der Waals surface area (Å²) in [6, 6.07) is 8.39. The molecule has 0 spiro atoms. The summed E-state index contributed by atoms with van der Waals surface area (Å²) in [5.74, 6) is -0.0176. The first-order chi connectivity index (χ1) is 11.8. The van der Waals surface area contributed by atoms with Crippen LogP contribution in [0.3, 0.4) is 0 Å². The van der Waals surface area contributed by atoms with Crippen molar-refractivity contribution in [2.75, 3.05) is 0 Å². The quantitative estimate of drug-likeness (QED) is 0.324. The third kappa shape index (κ3) is 5.14. The van der Waals surface area contributed by atoms with Gasteiger partial charge in [-0.1, -0.05) is 34.2 Å². The zero-order valence-electron chi connectivity index (χ0n) is 13.9. The Labute approximate surface area is 160 Å². The number of phenols is 2. The van der Waals surface area contributed by atoms with Crippen molar-refractivity contribution in [2.45, 2.75) is 20.4 Å². The molecular formula is C19H19BrN2O2S. The SMILES string of the molecule is Cc1cc(/C=C(\C=N)C(=S)NCc2cc(O)cc(O)c2)cc(Br)c1C. The Bertz CT molecular complexity index is 819. The van der Waals surface area contributed by atoms with Crippen molar-refractivity contribution >= 4 is 45.4 Å². The maximum Gasteiger partial charge on any atom is 0.119 e. The van der Waals surface area contributed by atoms with Gasteiger partial charge >= 0.3 is 0 Å². The van der Waals surface area contributed by atoms with E-state index in [2.05, 4.69) is 21.2 Å². The molecule has 0 aliphatic rings. The van der Waals surface area contributed by atoms with Gasteiger partial charge in [0.15, 0.2) is 0 Å². The highest BCUT2D eigenvalue weighted by Gasteiger charge is 2.06. The highest BCUT2D eigenvalue weighted by Crippen LogP contribution is 2.23. The van der Waals surface area contributed by atoms with Crippen LogP contribution in [-0.4, -0.2) is 21.4 Å². The van der Waals surface area contributed by atoms with Crippen LogP contribution in [0.4, 0.5) is 0 Å². The zero-order valence-corrected chi connectivity index (χ0v) is 16.3. The van der Waals surface area contributed by atoms with Crippen LogP contribution in [0.5, 0.6) is 11.5 Å². The number of halogens is 1. The number of phenolic OH excluding ortho intramolecular Hbond substituents is 2. The van der Waals surface area contributed by atoms with E-state index in [1.165, 1.54) is 17.8 Å². The van der Waals surface area contributed by atoms with Gasteiger partial charge < -0.3 is 20.9 Å². The van der Waals surface area contributed by atoms with Crippen LogP contribution >= 0.6 is 28.1 Å². The summed E-state index contributed by atoms with van der Waals surface area (Å²) in [7, 11) is 0. The highest BCUT2D eigenvalue weighted by molar-refractivity contribution is 9.10. The molecule has 0 aliphatic heterocycles. The number of nitrogens with one attached hydrogen (secondary N) is 2. The molecule has 130 valence electrons. The van der Waals surface area contributed by atoms with E-state index in [9.17, 15) is 10.2 Å². The lowest BCUT2D eigenvalue weighted by molar-refractivity contribution is 0.449. The summed E-state index contributed by atoms with van der Waals surface area (Å²) < 4.78 is 1.01. The largest absolute Gasteiger partial charge is 0.508 e. The summed E-state index contributed by atoms with van der Waals surface area (Å²) >= 11 is 8.90. The lowest BCUT2D eigenvalue weighted by Gasteiger charge is -2.10. The number of rotatable bonds is 5. The molecule has 0 aliphatic carbocycles. The summed E-state index contributed by atoms with van der Waals surface area (Å²) in [5, 5.41) is 29.7. The molecule has 0 unspecified atom stereocenters. The molecule has 4 nitrogen and oxygen atoms in total. The number of hydrogen-bond donors (Lipinski definition) is 4. The lowest BCUT2D eigenvalue weighted by atomic mass is 10.0. The van der Waals surface area contributed by atoms with Gasteiger partial charge in [-0.2, -0.15) is 0 Å². The van der Waals surface area contributed by atoms with Crippen LogP contribution in [-0.2, 0) is 6.54 Å². The normalized spacial score (nSPS) is 11.2. The lowest BCUT2D eigenvalue weighted by Crippen LogP contribution is -2.23. The molecule has 0 radical (unpaired) electrons. The fourth-order valence-corrected chi connectivity index (χ4v) is 3.09. The van der Waals surface area contributed by atoms with E-state index in [0.29, 0.717) is 22.7 Å². The molecule has 0 aromatic heterocycles. The molecule has 0 saturated heterocycles. The molecule has 0 heterocycles. The smallest absolute Gasteiger partial charge is 0.119 e. The van der Waals surface area contributed by atoms with Gasteiger partial charge in [-0.15, -0.1) is 0 Å². The maximum absolute atomic E-state index is 9.51. The molecule has 25 heavy (non-hydrogen) atoms. The van der Waals surface area contributed by atoms with Gasteiger partial charge in [0.2, 0.25) is 0 Å². The first-order valence-corrected chi connectivity index (χ1v) is 8.79. The topological polar surface area (TPSA) is 76.3 Å². The van der Waals surface area contributed by atoms with Crippen molar-refractivity contribution in [2.24, 2.45) is 0 Å². The van der Waals surface area contributed by atoms with E-state index in [4.69, 9.17) is 17.6 Å². The minimum Gasteiger partial charge on any atom is -0.508 e. The van der Waals surface area contributed by atoms with Crippen molar-refractivity contribution in [3.05, 3.63) is 62.6 Å². The molecule has 0 saturated carbocycles. The van der Waals surface area contributed by atoms with Crippen molar-refractivity contribution in [3.63, 3.8) is 0 Å². The Morgan fingerprint density at radius 2 is 1.80 bits per heavy atom. The number of aromatic hydroxyl groups is 2. The fourth-order valence-electron chi connectivity index (χ4n) is 2.32. The average Bonchev–Trinajstić information content (AvgIpc) is 2.54. The van der Waals surface area contributed by atoms with E-state index < -0.39 is 0 Å². The van der Waals surface area contributed by atoms with Crippen LogP contribution in [0.15, 0.2) is 40.4 Å². The van der Waals surface area contributed by atoms with Crippen LogP contribution < -0.4 is 5.32 Å². The van der Waals surface area contributed by atoms with Crippen LogP contribution in [0.2, 0.25) is 0 Å². The standard InChI is InChI=1S/C19H19BrN2O2S/c1-11-3-13(7-18(20)12(11)2)4-15(9-21)19(25)22-10-14-5-16(23)8-17(24)6-14/h3-9,21,23-24H,10H2,1-2H3,(H,22,25)/b15-4+,21-9?.